The van der Waals surface area contributed by atoms with E-state index < -0.39 is 25.5 Å². The van der Waals surface area contributed by atoms with Crippen molar-refractivity contribution in [2.75, 3.05) is 4.72 Å². The van der Waals surface area contributed by atoms with Crippen LogP contribution in [-0.4, -0.2) is 26.6 Å². The van der Waals surface area contributed by atoms with Gasteiger partial charge < -0.3 is 0 Å². The molecule has 2 aromatic carbocycles. The molecule has 0 aliphatic carbocycles. The molecule has 1 aromatic heterocycles. The minimum Gasteiger partial charge on any atom is -0.280 e. The Morgan fingerprint density at radius 2 is 1.52 bits per heavy atom. The number of nitrogens with zero attached hydrogens (tertiary/aromatic N) is 2. The number of hydrogen-bond acceptors (Lipinski definition) is 5. The normalized spacial score (nSPS) is 12.7. The molecule has 0 saturated carbocycles. The molecule has 29 heavy (non-hydrogen) atoms. The average molecular weight is 435 g/mol. The minimum atomic E-state index is -3.98. The van der Waals surface area contributed by atoms with Crippen molar-refractivity contribution in [1.29, 1.82) is 0 Å². The fourth-order valence-electron chi connectivity index (χ4n) is 2.71. The Kier molecular flexibility index (Phi) is 5.28. The number of sulfonamides is 2. The van der Waals surface area contributed by atoms with Crippen LogP contribution >= 0.6 is 0 Å². The highest BCUT2D eigenvalue weighted by molar-refractivity contribution is 7.92. The molecule has 10 heteroatoms. The topological polar surface area (TPSA) is 124 Å². The Morgan fingerprint density at radius 1 is 0.931 bits per heavy atom. The molecule has 0 unspecified atom stereocenters. The molecule has 0 spiro atoms. The van der Waals surface area contributed by atoms with Crippen molar-refractivity contribution in [3.63, 3.8) is 0 Å². The summed E-state index contributed by atoms with van der Waals surface area (Å²) in [6.45, 7) is 5.64. The molecule has 0 aliphatic rings. The molecule has 3 aromatic rings. The van der Waals surface area contributed by atoms with Crippen molar-refractivity contribution in [2.45, 2.75) is 36.0 Å². The number of aromatic nitrogens is 2. The van der Waals surface area contributed by atoms with Gasteiger partial charge in [-0.05, 0) is 36.4 Å². The lowest BCUT2D eigenvalue weighted by Gasteiger charge is -2.18. The van der Waals surface area contributed by atoms with Gasteiger partial charge in [0.05, 0.1) is 22.5 Å². The van der Waals surface area contributed by atoms with E-state index in [0.717, 1.165) is 5.69 Å². The quantitative estimate of drug-likeness (QED) is 0.639. The van der Waals surface area contributed by atoms with Gasteiger partial charge in [-0.2, -0.15) is 5.10 Å². The van der Waals surface area contributed by atoms with Crippen LogP contribution in [0, 0.1) is 0 Å². The van der Waals surface area contributed by atoms with Crippen LogP contribution in [0.1, 0.15) is 26.5 Å². The number of anilines is 1. The van der Waals surface area contributed by atoms with Crippen LogP contribution in [0.3, 0.4) is 0 Å². The summed E-state index contributed by atoms with van der Waals surface area (Å²) in [6.07, 6.45) is 1.47. The molecule has 3 N–H and O–H groups in total. The zero-order valence-electron chi connectivity index (χ0n) is 16.2. The Bertz CT molecular complexity index is 1230. The highest BCUT2D eigenvalue weighted by Crippen LogP contribution is 2.30. The van der Waals surface area contributed by atoms with Gasteiger partial charge in [-0.25, -0.2) is 26.7 Å². The number of nitrogens with one attached hydrogen (secondary N) is 1. The lowest BCUT2D eigenvalue weighted by atomic mass is 9.92. The van der Waals surface area contributed by atoms with E-state index in [9.17, 15) is 16.8 Å². The van der Waals surface area contributed by atoms with Crippen molar-refractivity contribution in [2.24, 2.45) is 5.14 Å². The Labute approximate surface area is 170 Å². The third-order valence-electron chi connectivity index (χ3n) is 4.14. The average Bonchev–Trinajstić information content (AvgIpc) is 3.09. The van der Waals surface area contributed by atoms with E-state index in [0.29, 0.717) is 5.69 Å². The molecule has 0 atom stereocenters. The predicted octanol–water partition coefficient (Wildman–Crippen LogP) is 2.62. The lowest BCUT2D eigenvalue weighted by Crippen LogP contribution is -2.20. The SMILES string of the molecule is CC(C)(C)c1nn(-c2ccccc2)cc1S(=O)(=O)Nc1ccc(S(N)(=O)=O)cc1. The van der Waals surface area contributed by atoms with Crippen LogP contribution < -0.4 is 9.86 Å². The van der Waals surface area contributed by atoms with Crippen molar-refractivity contribution in [3.05, 3.63) is 66.5 Å². The van der Waals surface area contributed by atoms with Gasteiger partial charge in [-0.15, -0.1) is 0 Å². The summed E-state index contributed by atoms with van der Waals surface area (Å²) in [6, 6.07) is 14.4. The van der Waals surface area contributed by atoms with Crippen molar-refractivity contribution < 1.29 is 16.8 Å². The highest BCUT2D eigenvalue weighted by atomic mass is 32.2. The van der Waals surface area contributed by atoms with E-state index in [4.69, 9.17) is 5.14 Å². The zero-order valence-corrected chi connectivity index (χ0v) is 17.8. The Morgan fingerprint density at radius 3 is 2.03 bits per heavy atom. The van der Waals surface area contributed by atoms with Crippen LogP contribution in [0.2, 0.25) is 0 Å². The molecule has 0 radical (unpaired) electrons. The molecule has 3 rings (SSSR count). The van der Waals surface area contributed by atoms with Gasteiger partial charge in [0, 0.05) is 11.1 Å². The predicted molar refractivity (Wildman–Crippen MR) is 111 cm³/mol. The third-order valence-corrected chi connectivity index (χ3v) is 6.45. The van der Waals surface area contributed by atoms with Gasteiger partial charge in [0.15, 0.2) is 0 Å². The molecule has 1 heterocycles. The van der Waals surface area contributed by atoms with Gasteiger partial charge in [-0.3, -0.25) is 4.72 Å². The fraction of sp³-hybridized carbons (Fsp3) is 0.211. The first-order valence-corrected chi connectivity index (χ1v) is 11.7. The number of primary sulfonamides is 1. The number of hydrogen-bond donors (Lipinski definition) is 2. The van der Waals surface area contributed by atoms with Gasteiger partial charge in [0.25, 0.3) is 10.0 Å². The molecule has 8 nitrogen and oxygen atoms in total. The Hall–Kier alpha value is -2.69. The second-order valence-corrected chi connectivity index (χ2v) is 10.8. The van der Waals surface area contributed by atoms with Crippen LogP contribution in [-0.2, 0) is 25.5 Å². The maximum absolute atomic E-state index is 13.1. The van der Waals surface area contributed by atoms with Crippen molar-refractivity contribution in [1.82, 2.24) is 9.78 Å². The van der Waals surface area contributed by atoms with Crippen molar-refractivity contribution >= 4 is 25.7 Å². The van der Waals surface area contributed by atoms with E-state index in [2.05, 4.69) is 9.82 Å². The molecule has 0 amide bonds. The van der Waals surface area contributed by atoms with Crippen LogP contribution in [0.25, 0.3) is 5.69 Å². The van der Waals surface area contributed by atoms with E-state index >= 15 is 0 Å². The van der Waals surface area contributed by atoms with Crippen molar-refractivity contribution in [3.8, 4) is 5.69 Å². The highest BCUT2D eigenvalue weighted by Gasteiger charge is 2.30. The standard InChI is InChI=1S/C19H22N4O4S2/c1-19(2,3)18-17(13-23(21-18)15-7-5-4-6-8-15)29(26,27)22-14-9-11-16(12-10-14)28(20,24)25/h4-13,22H,1-3H3,(H2,20,24,25). The number of nitrogens with two attached hydrogens (primary N) is 1. The smallest absolute Gasteiger partial charge is 0.265 e. The van der Waals surface area contributed by atoms with Gasteiger partial charge in [0.1, 0.15) is 4.90 Å². The first-order valence-electron chi connectivity index (χ1n) is 8.69. The van der Waals surface area contributed by atoms with Gasteiger partial charge in [0.2, 0.25) is 10.0 Å². The molecular weight excluding hydrogens is 412 g/mol. The summed E-state index contributed by atoms with van der Waals surface area (Å²) in [5, 5.41) is 9.58. The van der Waals surface area contributed by atoms with Crippen LogP contribution in [0.15, 0.2) is 70.6 Å². The largest absolute Gasteiger partial charge is 0.280 e. The van der Waals surface area contributed by atoms with Crippen LogP contribution in [0.5, 0.6) is 0 Å². The molecular formula is C19H22N4O4S2. The summed E-state index contributed by atoms with van der Waals surface area (Å²) in [7, 11) is -7.84. The fourth-order valence-corrected chi connectivity index (χ4v) is 4.62. The van der Waals surface area contributed by atoms with Gasteiger partial charge >= 0.3 is 0 Å². The third kappa shape index (κ3) is 4.66. The summed E-state index contributed by atoms with van der Waals surface area (Å²) in [4.78, 5) is -0.0582. The number of rotatable bonds is 5. The summed E-state index contributed by atoms with van der Waals surface area (Å²) < 4.78 is 52.9. The lowest BCUT2D eigenvalue weighted by molar-refractivity contribution is 0.543. The molecule has 154 valence electrons. The second-order valence-electron chi connectivity index (χ2n) is 7.55. The number of benzene rings is 2. The molecule has 0 saturated heterocycles. The first kappa shape index (κ1) is 21.0. The maximum Gasteiger partial charge on any atom is 0.265 e. The maximum atomic E-state index is 13.1. The summed E-state index contributed by atoms with van der Waals surface area (Å²) >= 11 is 0. The summed E-state index contributed by atoms with van der Waals surface area (Å²) in [5.41, 5.74) is 0.832. The Balaban J connectivity index is 2.03. The number of para-hydroxylation sites is 1. The van der Waals surface area contributed by atoms with E-state index in [-0.39, 0.29) is 15.5 Å². The molecule has 0 fully saturated rings. The van der Waals surface area contributed by atoms with Gasteiger partial charge in [-0.1, -0.05) is 39.0 Å². The van der Waals surface area contributed by atoms with E-state index in [1.54, 1.807) is 0 Å². The van der Waals surface area contributed by atoms with Crippen LogP contribution in [0.4, 0.5) is 5.69 Å². The monoisotopic (exact) mass is 434 g/mol. The first-order chi connectivity index (χ1) is 13.4. The minimum absolute atomic E-state index is 0.0457. The summed E-state index contributed by atoms with van der Waals surface area (Å²) in [5.74, 6) is 0. The zero-order chi connectivity index (χ0) is 21.4. The molecule has 0 bridgehead atoms. The van der Waals surface area contributed by atoms with E-state index in [1.807, 2.05) is 51.1 Å². The molecule has 0 aliphatic heterocycles. The van der Waals surface area contributed by atoms with E-state index in [1.165, 1.54) is 35.1 Å². The second kappa shape index (κ2) is 7.29.